The van der Waals surface area contributed by atoms with Gasteiger partial charge < -0.3 is 9.72 Å². The van der Waals surface area contributed by atoms with E-state index in [0.29, 0.717) is 12.2 Å². The van der Waals surface area contributed by atoms with Crippen LogP contribution in [0.2, 0.25) is 0 Å². The third-order valence-corrected chi connectivity index (χ3v) is 2.78. The summed E-state index contributed by atoms with van der Waals surface area (Å²) in [4.78, 5) is 19.0. The van der Waals surface area contributed by atoms with Crippen LogP contribution in [0.15, 0.2) is 30.7 Å². The van der Waals surface area contributed by atoms with Crippen molar-refractivity contribution < 1.29 is 9.53 Å². The van der Waals surface area contributed by atoms with Gasteiger partial charge in [-0.25, -0.2) is 4.79 Å². The number of aromatic amines is 1. The lowest BCUT2D eigenvalue weighted by Gasteiger charge is -2.06. The summed E-state index contributed by atoms with van der Waals surface area (Å²) in [6.45, 7) is 4.23. The predicted molar refractivity (Wildman–Crippen MR) is 69.4 cm³/mol. The molecule has 0 aliphatic rings. The number of carbonyl (C=O) groups excluding carboxylic acids is 1. The third kappa shape index (κ3) is 2.27. The molecule has 0 saturated heterocycles. The lowest BCUT2D eigenvalue weighted by Crippen LogP contribution is -2.05. The van der Waals surface area contributed by atoms with Gasteiger partial charge in [-0.15, -0.1) is 0 Å². The maximum absolute atomic E-state index is 11.9. The van der Waals surface area contributed by atoms with Crippen LogP contribution in [-0.2, 0) is 11.2 Å². The normalized spacial score (nSPS) is 10.3. The van der Waals surface area contributed by atoms with Crippen LogP contribution in [0.25, 0.3) is 11.1 Å². The standard InChI is InChI=1S/C14H16N2O2/c1-3-12-13(10-5-7-15-8-6-10)11(9-16-12)14(17)18-4-2/h5-9,16H,3-4H2,1-2H3. The number of pyridine rings is 1. The molecule has 1 N–H and O–H groups in total. The number of H-pyrrole nitrogens is 1. The molecule has 2 aromatic heterocycles. The number of nitrogens with zero attached hydrogens (tertiary/aromatic N) is 1. The van der Waals surface area contributed by atoms with Gasteiger partial charge >= 0.3 is 5.97 Å². The van der Waals surface area contributed by atoms with Crippen molar-refractivity contribution in [1.29, 1.82) is 0 Å². The number of nitrogens with one attached hydrogen (secondary N) is 1. The van der Waals surface area contributed by atoms with Crippen molar-refractivity contribution in [2.45, 2.75) is 20.3 Å². The van der Waals surface area contributed by atoms with Gasteiger partial charge in [-0.2, -0.15) is 0 Å². The summed E-state index contributed by atoms with van der Waals surface area (Å²) in [5.74, 6) is -0.291. The summed E-state index contributed by atoms with van der Waals surface area (Å²) in [5, 5.41) is 0. The van der Waals surface area contributed by atoms with E-state index in [-0.39, 0.29) is 5.97 Å². The van der Waals surface area contributed by atoms with E-state index in [9.17, 15) is 4.79 Å². The van der Waals surface area contributed by atoms with Crippen molar-refractivity contribution >= 4 is 5.97 Å². The number of carbonyl (C=O) groups is 1. The Morgan fingerprint density at radius 1 is 1.33 bits per heavy atom. The van der Waals surface area contributed by atoms with Crippen LogP contribution in [0.3, 0.4) is 0 Å². The molecule has 0 aliphatic carbocycles. The minimum atomic E-state index is -0.291. The zero-order valence-corrected chi connectivity index (χ0v) is 10.6. The van der Waals surface area contributed by atoms with Crippen molar-refractivity contribution in [2.24, 2.45) is 0 Å². The molecule has 0 bridgehead atoms. The van der Waals surface area contributed by atoms with E-state index in [1.54, 1.807) is 25.5 Å². The molecule has 0 fully saturated rings. The highest BCUT2D eigenvalue weighted by molar-refractivity contribution is 5.98. The van der Waals surface area contributed by atoms with E-state index in [4.69, 9.17) is 4.74 Å². The molecule has 4 nitrogen and oxygen atoms in total. The Labute approximate surface area is 106 Å². The summed E-state index contributed by atoms with van der Waals surface area (Å²) in [6, 6.07) is 3.79. The van der Waals surface area contributed by atoms with Crippen LogP contribution in [0, 0.1) is 0 Å². The zero-order chi connectivity index (χ0) is 13.0. The molecule has 0 spiro atoms. The first-order valence-corrected chi connectivity index (χ1v) is 6.05. The van der Waals surface area contributed by atoms with Gasteiger partial charge in [0.25, 0.3) is 0 Å². The minimum absolute atomic E-state index is 0.291. The second-order valence-electron chi connectivity index (χ2n) is 3.87. The Balaban J connectivity index is 2.50. The van der Waals surface area contributed by atoms with Crippen LogP contribution < -0.4 is 0 Å². The van der Waals surface area contributed by atoms with E-state index in [0.717, 1.165) is 23.2 Å². The molecule has 94 valence electrons. The molecule has 2 rings (SSSR count). The average molecular weight is 244 g/mol. The number of esters is 1. The smallest absolute Gasteiger partial charge is 0.340 e. The molecular weight excluding hydrogens is 228 g/mol. The van der Waals surface area contributed by atoms with Gasteiger partial charge in [0.1, 0.15) is 0 Å². The Morgan fingerprint density at radius 3 is 2.67 bits per heavy atom. The van der Waals surface area contributed by atoms with E-state index in [2.05, 4.69) is 9.97 Å². The molecule has 0 amide bonds. The molecule has 18 heavy (non-hydrogen) atoms. The maximum Gasteiger partial charge on any atom is 0.340 e. The van der Waals surface area contributed by atoms with Gasteiger partial charge in [-0.05, 0) is 31.0 Å². The Bertz CT molecular complexity index is 532. The number of ether oxygens (including phenoxy) is 1. The van der Waals surface area contributed by atoms with E-state index in [1.165, 1.54) is 0 Å². The Kier molecular flexibility index (Phi) is 3.77. The summed E-state index contributed by atoms with van der Waals surface area (Å²) < 4.78 is 5.07. The molecule has 0 radical (unpaired) electrons. The van der Waals surface area contributed by atoms with Crippen LogP contribution in [0.4, 0.5) is 0 Å². The van der Waals surface area contributed by atoms with Gasteiger partial charge in [0.2, 0.25) is 0 Å². The van der Waals surface area contributed by atoms with Crippen molar-refractivity contribution in [2.75, 3.05) is 6.61 Å². The number of rotatable bonds is 4. The second-order valence-corrected chi connectivity index (χ2v) is 3.87. The summed E-state index contributed by atoms with van der Waals surface area (Å²) >= 11 is 0. The van der Waals surface area contributed by atoms with Gasteiger partial charge in [-0.3, -0.25) is 4.98 Å². The number of hydrogen-bond donors (Lipinski definition) is 1. The van der Waals surface area contributed by atoms with Crippen LogP contribution >= 0.6 is 0 Å². The lowest BCUT2D eigenvalue weighted by atomic mass is 10.0. The highest BCUT2D eigenvalue weighted by Crippen LogP contribution is 2.28. The summed E-state index contributed by atoms with van der Waals surface area (Å²) in [7, 11) is 0. The van der Waals surface area contributed by atoms with Crippen molar-refractivity contribution in [3.8, 4) is 11.1 Å². The quantitative estimate of drug-likeness (QED) is 0.841. The molecule has 0 aromatic carbocycles. The minimum Gasteiger partial charge on any atom is -0.462 e. The molecule has 0 unspecified atom stereocenters. The number of hydrogen-bond acceptors (Lipinski definition) is 3. The molecular formula is C14H16N2O2. The molecule has 2 aromatic rings. The first-order valence-electron chi connectivity index (χ1n) is 6.05. The van der Waals surface area contributed by atoms with Gasteiger partial charge in [0, 0.05) is 29.8 Å². The summed E-state index contributed by atoms with van der Waals surface area (Å²) in [6.07, 6.45) is 5.98. The Hall–Kier alpha value is -2.10. The average Bonchev–Trinajstić information content (AvgIpc) is 2.83. The number of aromatic nitrogens is 2. The second kappa shape index (κ2) is 5.49. The highest BCUT2D eigenvalue weighted by atomic mass is 16.5. The maximum atomic E-state index is 11.9. The zero-order valence-electron chi connectivity index (χ0n) is 10.6. The largest absolute Gasteiger partial charge is 0.462 e. The van der Waals surface area contributed by atoms with Gasteiger partial charge in [-0.1, -0.05) is 6.92 Å². The topological polar surface area (TPSA) is 55.0 Å². The third-order valence-electron chi connectivity index (χ3n) is 2.78. The molecule has 0 aliphatic heterocycles. The fraction of sp³-hybridized carbons (Fsp3) is 0.286. The summed E-state index contributed by atoms with van der Waals surface area (Å²) in [5.41, 5.74) is 3.51. The SMILES string of the molecule is CCOC(=O)c1c[nH]c(CC)c1-c1ccncc1. The van der Waals surface area contributed by atoms with Crippen LogP contribution in [-0.4, -0.2) is 22.5 Å². The lowest BCUT2D eigenvalue weighted by molar-refractivity contribution is 0.0527. The molecule has 0 saturated carbocycles. The van der Waals surface area contributed by atoms with E-state index in [1.807, 2.05) is 19.1 Å². The predicted octanol–water partition coefficient (Wildman–Crippen LogP) is 2.82. The van der Waals surface area contributed by atoms with Gasteiger partial charge in [0.05, 0.1) is 12.2 Å². The first-order chi connectivity index (χ1) is 8.77. The van der Waals surface area contributed by atoms with Crippen molar-refractivity contribution in [1.82, 2.24) is 9.97 Å². The highest BCUT2D eigenvalue weighted by Gasteiger charge is 2.18. The van der Waals surface area contributed by atoms with Crippen molar-refractivity contribution in [3.05, 3.63) is 42.0 Å². The Morgan fingerprint density at radius 2 is 2.06 bits per heavy atom. The van der Waals surface area contributed by atoms with Crippen LogP contribution in [0.5, 0.6) is 0 Å². The molecule has 0 atom stereocenters. The van der Waals surface area contributed by atoms with Gasteiger partial charge in [0.15, 0.2) is 0 Å². The molecule has 4 heteroatoms. The van der Waals surface area contributed by atoms with E-state index >= 15 is 0 Å². The fourth-order valence-electron chi connectivity index (χ4n) is 1.96. The van der Waals surface area contributed by atoms with Crippen molar-refractivity contribution in [3.63, 3.8) is 0 Å². The van der Waals surface area contributed by atoms with E-state index < -0.39 is 0 Å². The monoisotopic (exact) mass is 244 g/mol. The van der Waals surface area contributed by atoms with Crippen LogP contribution in [0.1, 0.15) is 29.9 Å². The first kappa shape index (κ1) is 12.4. The fourth-order valence-corrected chi connectivity index (χ4v) is 1.96. The molecule has 2 heterocycles. The number of aryl methyl sites for hydroxylation is 1.